The fourth-order valence-electron chi connectivity index (χ4n) is 2.95. The SMILES string of the molecule is CCc1ccc(OCC(=O)N(Cc2ccccc2F)[C@@H](C)C(=O)NCC(C)C)c(Br)c1. The van der Waals surface area contributed by atoms with E-state index < -0.39 is 17.8 Å². The zero-order valence-corrected chi connectivity index (χ0v) is 20.0. The Balaban J connectivity index is 2.17. The van der Waals surface area contributed by atoms with Crippen molar-refractivity contribution in [2.45, 2.75) is 46.7 Å². The van der Waals surface area contributed by atoms with Crippen molar-refractivity contribution in [2.75, 3.05) is 13.2 Å². The van der Waals surface area contributed by atoms with Crippen LogP contribution in [0.1, 0.15) is 38.8 Å². The van der Waals surface area contributed by atoms with Crippen LogP contribution in [0.2, 0.25) is 0 Å². The van der Waals surface area contributed by atoms with Gasteiger partial charge in [-0.25, -0.2) is 4.39 Å². The van der Waals surface area contributed by atoms with Crippen LogP contribution >= 0.6 is 15.9 Å². The summed E-state index contributed by atoms with van der Waals surface area (Å²) in [6.07, 6.45) is 0.886. The predicted molar refractivity (Wildman–Crippen MR) is 123 cm³/mol. The second-order valence-corrected chi connectivity index (χ2v) is 8.69. The van der Waals surface area contributed by atoms with Crippen molar-refractivity contribution in [3.05, 3.63) is 63.9 Å². The van der Waals surface area contributed by atoms with Gasteiger partial charge in [0.25, 0.3) is 5.91 Å². The molecule has 168 valence electrons. The highest BCUT2D eigenvalue weighted by Crippen LogP contribution is 2.26. The van der Waals surface area contributed by atoms with E-state index >= 15 is 0 Å². The Bertz CT molecular complexity index is 904. The second-order valence-electron chi connectivity index (χ2n) is 7.84. The summed E-state index contributed by atoms with van der Waals surface area (Å²) in [5.41, 5.74) is 1.48. The third-order valence-electron chi connectivity index (χ3n) is 4.91. The van der Waals surface area contributed by atoms with E-state index in [2.05, 4.69) is 28.2 Å². The third-order valence-corrected chi connectivity index (χ3v) is 5.53. The van der Waals surface area contributed by atoms with Gasteiger partial charge in [-0.15, -0.1) is 0 Å². The van der Waals surface area contributed by atoms with Crippen LogP contribution in [-0.2, 0) is 22.6 Å². The van der Waals surface area contributed by atoms with E-state index in [1.54, 1.807) is 31.2 Å². The number of carbonyl (C=O) groups is 2. The van der Waals surface area contributed by atoms with E-state index in [4.69, 9.17) is 4.74 Å². The van der Waals surface area contributed by atoms with Gasteiger partial charge in [0.1, 0.15) is 17.6 Å². The summed E-state index contributed by atoms with van der Waals surface area (Å²) in [7, 11) is 0. The van der Waals surface area contributed by atoms with Gasteiger partial charge in [-0.3, -0.25) is 9.59 Å². The average molecular weight is 493 g/mol. The van der Waals surface area contributed by atoms with Gasteiger partial charge in [-0.1, -0.05) is 45.0 Å². The van der Waals surface area contributed by atoms with Crippen LogP contribution in [0.3, 0.4) is 0 Å². The molecule has 2 aromatic carbocycles. The number of hydrogen-bond acceptors (Lipinski definition) is 3. The molecule has 0 aliphatic heterocycles. The van der Waals surface area contributed by atoms with Crippen LogP contribution < -0.4 is 10.1 Å². The van der Waals surface area contributed by atoms with Crippen LogP contribution in [0.5, 0.6) is 5.75 Å². The summed E-state index contributed by atoms with van der Waals surface area (Å²) >= 11 is 3.46. The molecule has 0 radical (unpaired) electrons. The van der Waals surface area contributed by atoms with Gasteiger partial charge >= 0.3 is 0 Å². The molecule has 2 aromatic rings. The van der Waals surface area contributed by atoms with E-state index in [-0.39, 0.29) is 25.0 Å². The number of aryl methyl sites for hydroxylation is 1. The van der Waals surface area contributed by atoms with Crippen molar-refractivity contribution >= 4 is 27.7 Å². The van der Waals surface area contributed by atoms with Gasteiger partial charge in [0.15, 0.2) is 6.61 Å². The Kier molecular flexibility index (Phi) is 9.49. The van der Waals surface area contributed by atoms with Crippen LogP contribution in [0.25, 0.3) is 0 Å². The molecular formula is C24H30BrFN2O3. The summed E-state index contributed by atoms with van der Waals surface area (Å²) in [6, 6.07) is 11.1. The number of hydrogen-bond donors (Lipinski definition) is 1. The summed E-state index contributed by atoms with van der Waals surface area (Å²) in [5.74, 6) is -0.297. The molecule has 0 aromatic heterocycles. The van der Waals surface area contributed by atoms with Crippen molar-refractivity contribution < 1.29 is 18.7 Å². The topological polar surface area (TPSA) is 58.6 Å². The minimum atomic E-state index is -0.777. The molecule has 0 saturated heterocycles. The number of nitrogens with one attached hydrogen (secondary N) is 1. The van der Waals surface area contributed by atoms with Crippen molar-refractivity contribution in [3.63, 3.8) is 0 Å². The normalized spacial score (nSPS) is 11.8. The summed E-state index contributed by atoms with van der Waals surface area (Å²) in [5, 5.41) is 2.84. The predicted octanol–water partition coefficient (Wildman–Crippen LogP) is 4.72. The molecular weight excluding hydrogens is 463 g/mol. The van der Waals surface area contributed by atoms with Gasteiger partial charge in [-0.05, 0) is 59.0 Å². The molecule has 0 saturated carbocycles. The Labute approximate surface area is 192 Å². The third kappa shape index (κ3) is 7.35. The number of nitrogens with zero attached hydrogens (tertiary/aromatic N) is 1. The zero-order chi connectivity index (χ0) is 23.0. The highest BCUT2D eigenvalue weighted by atomic mass is 79.9. The second kappa shape index (κ2) is 11.8. The lowest BCUT2D eigenvalue weighted by molar-refractivity contribution is -0.142. The first kappa shape index (κ1) is 24.9. The van der Waals surface area contributed by atoms with Gasteiger partial charge < -0.3 is 15.0 Å². The van der Waals surface area contributed by atoms with Gasteiger partial charge in [0.05, 0.1) is 4.47 Å². The molecule has 5 nitrogen and oxygen atoms in total. The van der Waals surface area contributed by atoms with E-state index in [0.717, 1.165) is 16.5 Å². The molecule has 0 aliphatic rings. The maximum Gasteiger partial charge on any atom is 0.261 e. The fraction of sp³-hybridized carbons (Fsp3) is 0.417. The van der Waals surface area contributed by atoms with Crippen LogP contribution in [0.15, 0.2) is 46.9 Å². The van der Waals surface area contributed by atoms with Gasteiger partial charge in [-0.2, -0.15) is 0 Å². The number of amides is 2. The summed E-state index contributed by atoms with van der Waals surface area (Å²) in [6.45, 7) is 7.88. The van der Waals surface area contributed by atoms with Gasteiger partial charge in [0.2, 0.25) is 5.91 Å². The molecule has 1 atom stereocenters. The minimum Gasteiger partial charge on any atom is -0.483 e. The summed E-state index contributed by atoms with van der Waals surface area (Å²) in [4.78, 5) is 27.0. The Morgan fingerprint density at radius 3 is 2.48 bits per heavy atom. The maximum atomic E-state index is 14.2. The van der Waals surface area contributed by atoms with E-state index in [1.165, 1.54) is 11.0 Å². The van der Waals surface area contributed by atoms with Crippen LogP contribution in [0, 0.1) is 11.7 Å². The fourth-order valence-corrected chi connectivity index (χ4v) is 3.49. The molecule has 0 unspecified atom stereocenters. The molecule has 2 amide bonds. The number of ether oxygens (including phenoxy) is 1. The quantitative estimate of drug-likeness (QED) is 0.521. The molecule has 1 N–H and O–H groups in total. The first-order valence-electron chi connectivity index (χ1n) is 10.4. The van der Waals surface area contributed by atoms with Crippen molar-refractivity contribution in [3.8, 4) is 5.75 Å². The van der Waals surface area contributed by atoms with Crippen LogP contribution in [0.4, 0.5) is 4.39 Å². The number of halogens is 2. The molecule has 0 spiro atoms. The minimum absolute atomic E-state index is 0.0267. The van der Waals surface area contributed by atoms with Gasteiger partial charge in [0, 0.05) is 18.7 Å². The molecule has 31 heavy (non-hydrogen) atoms. The molecule has 0 aliphatic carbocycles. The number of benzene rings is 2. The monoisotopic (exact) mass is 492 g/mol. The van der Waals surface area contributed by atoms with E-state index in [0.29, 0.717) is 17.9 Å². The van der Waals surface area contributed by atoms with Crippen LogP contribution in [-0.4, -0.2) is 35.9 Å². The lowest BCUT2D eigenvalue weighted by Crippen LogP contribution is -2.49. The lowest BCUT2D eigenvalue weighted by Gasteiger charge is -2.29. The Morgan fingerprint density at radius 2 is 1.87 bits per heavy atom. The maximum absolute atomic E-state index is 14.2. The van der Waals surface area contributed by atoms with E-state index in [9.17, 15) is 14.0 Å². The lowest BCUT2D eigenvalue weighted by atomic mass is 10.1. The molecule has 7 heteroatoms. The smallest absolute Gasteiger partial charge is 0.261 e. The molecule has 0 fully saturated rings. The average Bonchev–Trinajstić information content (AvgIpc) is 2.75. The Hall–Kier alpha value is -2.41. The van der Waals surface area contributed by atoms with E-state index in [1.807, 2.05) is 26.0 Å². The molecule has 0 heterocycles. The van der Waals surface area contributed by atoms with Crippen molar-refractivity contribution in [1.82, 2.24) is 10.2 Å². The highest BCUT2D eigenvalue weighted by molar-refractivity contribution is 9.10. The highest BCUT2D eigenvalue weighted by Gasteiger charge is 2.27. The number of carbonyl (C=O) groups excluding carboxylic acids is 2. The first-order valence-corrected chi connectivity index (χ1v) is 11.2. The molecule has 0 bridgehead atoms. The van der Waals surface area contributed by atoms with Crippen molar-refractivity contribution in [1.29, 1.82) is 0 Å². The van der Waals surface area contributed by atoms with Crippen molar-refractivity contribution in [2.24, 2.45) is 5.92 Å². The first-order chi connectivity index (χ1) is 14.7. The number of rotatable bonds is 10. The zero-order valence-electron chi connectivity index (χ0n) is 18.5. The summed E-state index contributed by atoms with van der Waals surface area (Å²) < 4.78 is 20.7. The Morgan fingerprint density at radius 1 is 1.16 bits per heavy atom. The standard InChI is InChI=1S/C24H30BrFN2O3/c1-5-18-10-11-22(20(25)12-18)31-15-23(29)28(14-19-8-6-7-9-21(19)26)17(4)24(30)27-13-16(2)3/h6-12,16-17H,5,13-15H2,1-4H3,(H,27,30)/t17-/m0/s1. The molecule has 2 rings (SSSR count). The largest absolute Gasteiger partial charge is 0.483 e.